The second-order valence-corrected chi connectivity index (χ2v) is 13.2. The van der Waals surface area contributed by atoms with Crippen LogP contribution in [0.3, 0.4) is 0 Å². The average molecular weight is 782 g/mol. The molecule has 0 atom stereocenters. The van der Waals surface area contributed by atoms with Crippen molar-refractivity contribution in [3.8, 4) is 28.2 Å². The van der Waals surface area contributed by atoms with Crippen molar-refractivity contribution in [2.75, 3.05) is 0 Å². The number of benzene rings is 5. The van der Waals surface area contributed by atoms with E-state index >= 15 is 0 Å². The van der Waals surface area contributed by atoms with Crippen LogP contribution in [-0.4, -0.2) is 9.55 Å². The first-order valence-electron chi connectivity index (χ1n) is 15.7. The van der Waals surface area contributed by atoms with Crippen molar-refractivity contribution >= 4 is 32.5 Å². The molecule has 7 rings (SSSR count). The van der Waals surface area contributed by atoms with Gasteiger partial charge in [0.2, 0.25) is 0 Å². The van der Waals surface area contributed by atoms with Crippen LogP contribution < -0.4 is 0 Å². The summed E-state index contributed by atoms with van der Waals surface area (Å²) in [6.07, 6.45) is 2.03. The number of fused-ring (bicyclic) bond motifs is 2. The van der Waals surface area contributed by atoms with E-state index in [1.165, 1.54) is 49.2 Å². The van der Waals surface area contributed by atoms with Gasteiger partial charge in [-0.05, 0) is 76.8 Å². The molecule has 2 nitrogen and oxygen atoms in total. The first-order valence-corrected chi connectivity index (χ1v) is 16.5. The maximum Gasteiger partial charge on any atom is 0.0774 e. The van der Waals surface area contributed by atoms with E-state index in [1.807, 2.05) is 0 Å². The van der Waals surface area contributed by atoms with E-state index in [2.05, 4.69) is 153 Å². The third kappa shape index (κ3) is 6.08. The molecule has 0 fully saturated rings. The van der Waals surface area contributed by atoms with Crippen molar-refractivity contribution in [3.05, 3.63) is 143 Å². The van der Waals surface area contributed by atoms with E-state index in [1.54, 1.807) is 11.3 Å². The number of para-hydroxylation sites is 2. The maximum atomic E-state index is 5.32. The SMILES string of the molecule is CC(C)c1cc(-c2ccccc2)cc(C(C)C)c1-n1c(-c2[c-]sc3ccc(CCc4ccccc4)cc23)nc2ccccc21.[Ir]. The number of aromatic nitrogens is 2. The standard InChI is InChI=1S/C41H37N2S.Ir/c1-27(2)33-24-32(31-15-9-6-10-16-31)25-34(28(3)4)40(33)43-38-18-12-11-17-37(38)42-41(43)36-26-44-39-22-21-30(23-35(36)39)20-19-29-13-7-5-8-14-29;/h5-18,21-25,27-28H,19-20H2,1-4H3;/q-1;. The molecule has 0 saturated heterocycles. The van der Waals surface area contributed by atoms with E-state index < -0.39 is 0 Å². The van der Waals surface area contributed by atoms with Gasteiger partial charge in [-0.3, -0.25) is 16.3 Å². The predicted molar refractivity (Wildman–Crippen MR) is 188 cm³/mol. The van der Waals surface area contributed by atoms with Gasteiger partial charge in [-0.25, -0.2) is 0 Å². The second kappa shape index (κ2) is 13.3. The number of aryl methyl sites for hydroxylation is 2. The molecule has 4 heteroatoms. The summed E-state index contributed by atoms with van der Waals surface area (Å²) in [5.74, 6) is 1.62. The number of thiophene rings is 1. The Morgan fingerprint density at radius 3 is 1.98 bits per heavy atom. The van der Waals surface area contributed by atoms with Gasteiger partial charge in [-0.2, -0.15) is 0 Å². The van der Waals surface area contributed by atoms with Crippen LogP contribution in [0.2, 0.25) is 0 Å². The Bertz CT molecular complexity index is 2040. The van der Waals surface area contributed by atoms with Crippen LogP contribution >= 0.6 is 11.3 Å². The van der Waals surface area contributed by atoms with Crippen LogP contribution in [0.5, 0.6) is 0 Å². The number of nitrogens with zero attached hydrogens (tertiary/aromatic N) is 2. The smallest absolute Gasteiger partial charge is 0.0774 e. The first kappa shape index (κ1) is 31.2. The van der Waals surface area contributed by atoms with Gasteiger partial charge in [0.25, 0.3) is 0 Å². The van der Waals surface area contributed by atoms with Gasteiger partial charge in [-0.1, -0.05) is 134 Å². The Labute approximate surface area is 284 Å². The molecule has 45 heavy (non-hydrogen) atoms. The van der Waals surface area contributed by atoms with Crippen molar-refractivity contribution in [2.45, 2.75) is 52.4 Å². The zero-order chi connectivity index (χ0) is 30.2. The van der Waals surface area contributed by atoms with Crippen LogP contribution in [0, 0.1) is 5.38 Å². The molecule has 0 aliphatic heterocycles. The Kier molecular flexibility index (Phi) is 9.19. The summed E-state index contributed by atoms with van der Waals surface area (Å²) >= 11 is 1.69. The molecule has 0 bridgehead atoms. The number of hydrogen-bond acceptors (Lipinski definition) is 2. The predicted octanol–water partition coefficient (Wildman–Crippen LogP) is 11.4. The van der Waals surface area contributed by atoms with Crippen LogP contribution in [0.1, 0.15) is 61.8 Å². The Morgan fingerprint density at radius 2 is 1.29 bits per heavy atom. The van der Waals surface area contributed by atoms with Crippen molar-refractivity contribution < 1.29 is 20.1 Å². The Morgan fingerprint density at radius 1 is 0.667 bits per heavy atom. The molecule has 2 heterocycles. The molecule has 2 aromatic heterocycles. The van der Waals surface area contributed by atoms with E-state index in [0.717, 1.165) is 35.3 Å². The molecular formula is C41H37IrN2S-. The largest absolute Gasteiger partial charge is 0.333 e. The summed E-state index contributed by atoms with van der Waals surface area (Å²) in [4.78, 5) is 5.32. The van der Waals surface area contributed by atoms with Crippen LogP contribution in [-0.2, 0) is 32.9 Å². The summed E-state index contributed by atoms with van der Waals surface area (Å²) in [5, 5.41) is 4.93. The quantitative estimate of drug-likeness (QED) is 0.140. The minimum atomic E-state index is 0. The normalized spacial score (nSPS) is 11.5. The summed E-state index contributed by atoms with van der Waals surface area (Å²) in [6.45, 7) is 9.23. The van der Waals surface area contributed by atoms with Gasteiger partial charge >= 0.3 is 0 Å². The molecule has 227 valence electrons. The van der Waals surface area contributed by atoms with E-state index in [-0.39, 0.29) is 20.1 Å². The van der Waals surface area contributed by atoms with Gasteiger partial charge < -0.3 is 4.57 Å². The molecule has 0 amide bonds. The fourth-order valence-corrected chi connectivity index (χ4v) is 7.13. The zero-order valence-corrected chi connectivity index (χ0v) is 29.4. The third-order valence-electron chi connectivity index (χ3n) is 8.65. The minimum Gasteiger partial charge on any atom is -0.333 e. The molecule has 0 aliphatic rings. The molecule has 1 radical (unpaired) electrons. The van der Waals surface area contributed by atoms with Gasteiger partial charge in [0.15, 0.2) is 0 Å². The third-order valence-corrected chi connectivity index (χ3v) is 9.53. The van der Waals surface area contributed by atoms with E-state index in [9.17, 15) is 0 Å². The van der Waals surface area contributed by atoms with E-state index in [4.69, 9.17) is 4.98 Å². The monoisotopic (exact) mass is 782 g/mol. The van der Waals surface area contributed by atoms with E-state index in [0.29, 0.717) is 11.8 Å². The molecule has 0 unspecified atom stereocenters. The molecular weight excluding hydrogens is 745 g/mol. The Hall–Kier alpha value is -3.82. The van der Waals surface area contributed by atoms with Gasteiger partial charge in [0.1, 0.15) is 0 Å². The summed E-state index contributed by atoms with van der Waals surface area (Å²) in [7, 11) is 0. The fourth-order valence-electron chi connectivity index (χ4n) is 6.31. The van der Waals surface area contributed by atoms with Crippen molar-refractivity contribution in [1.82, 2.24) is 9.55 Å². The first-order chi connectivity index (χ1) is 21.5. The van der Waals surface area contributed by atoms with Gasteiger partial charge in [0, 0.05) is 25.8 Å². The maximum absolute atomic E-state index is 5.32. The number of rotatable bonds is 8. The molecule has 5 aromatic carbocycles. The number of hydrogen-bond donors (Lipinski definition) is 0. The summed E-state index contributed by atoms with van der Waals surface area (Å²) in [6, 6.07) is 41.8. The number of imidazole rings is 1. The topological polar surface area (TPSA) is 17.8 Å². The van der Waals surface area contributed by atoms with Gasteiger partial charge in [0.05, 0.1) is 16.9 Å². The average Bonchev–Trinajstić information content (AvgIpc) is 3.65. The fraction of sp³-hybridized carbons (Fsp3) is 0.195. The van der Waals surface area contributed by atoms with Crippen LogP contribution in [0.15, 0.2) is 115 Å². The molecule has 7 aromatic rings. The zero-order valence-electron chi connectivity index (χ0n) is 26.2. The molecule has 0 N–H and O–H groups in total. The van der Waals surface area contributed by atoms with Crippen LogP contribution in [0.25, 0.3) is 49.3 Å². The molecule has 0 aliphatic carbocycles. The van der Waals surface area contributed by atoms with Crippen molar-refractivity contribution in [2.24, 2.45) is 0 Å². The van der Waals surface area contributed by atoms with Crippen LogP contribution in [0.4, 0.5) is 0 Å². The van der Waals surface area contributed by atoms with Gasteiger partial charge in [-0.15, -0.1) is 11.5 Å². The molecule has 0 saturated carbocycles. The minimum absolute atomic E-state index is 0. The Balaban J connectivity index is 0.00000357. The summed E-state index contributed by atoms with van der Waals surface area (Å²) in [5.41, 5.74) is 12.4. The molecule has 0 spiro atoms. The second-order valence-electron chi connectivity index (χ2n) is 12.3. The summed E-state index contributed by atoms with van der Waals surface area (Å²) < 4.78 is 3.68. The van der Waals surface area contributed by atoms with Crippen molar-refractivity contribution in [1.29, 1.82) is 0 Å². The van der Waals surface area contributed by atoms with Crippen molar-refractivity contribution in [3.63, 3.8) is 0 Å².